The highest BCUT2D eigenvalue weighted by molar-refractivity contribution is 5.15. The molecule has 8 heavy (non-hydrogen) atoms. The van der Waals surface area contributed by atoms with E-state index in [1.165, 1.54) is 11.1 Å². The van der Waals surface area contributed by atoms with Crippen LogP contribution in [0.2, 0.25) is 0 Å². The van der Waals surface area contributed by atoms with Crippen LogP contribution in [0.15, 0.2) is 12.4 Å². The molecule has 0 fully saturated rings. The van der Waals surface area contributed by atoms with Gasteiger partial charge in [-0.05, 0) is 25.0 Å². The lowest BCUT2D eigenvalue weighted by Crippen LogP contribution is -1.84. The number of hydrogen-bond donors (Lipinski definition) is 0. The minimum Gasteiger partial charge on any atom is -0.159 e. The summed E-state index contributed by atoms with van der Waals surface area (Å²) in [6, 6.07) is 0. The Balaban J connectivity index is 3.13. The van der Waals surface area contributed by atoms with Crippen LogP contribution < -0.4 is 0 Å². The third-order valence-corrected chi connectivity index (χ3v) is 1.19. The first-order valence-electron chi connectivity index (χ1n) is 2.54. The van der Waals surface area contributed by atoms with E-state index in [1.54, 1.807) is 12.4 Å². The van der Waals surface area contributed by atoms with Gasteiger partial charge in [0.1, 0.15) is 0 Å². The van der Waals surface area contributed by atoms with E-state index in [2.05, 4.69) is 10.2 Å². The molecule has 0 aliphatic heterocycles. The molecule has 0 radical (unpaired) electrons. The second-order valence-corrected chi connectivity index (χ2v) is 1.86. The molecule has 0 aromatic carbocycles. The van der Waals surface area contributed by atoms with Gasteiger partial charge in [-0.15, -0.1) is 0 Å². The van der Waals surface area contributed by atoms with Crippen LogP contribution in [0.1, 0.15) is 11.1 Å². The monoisotopic (exact) mass is 108 g/mol. The van der Waals surface area contributed by atoms with Gasteiger partial charge in [-0.3, -0.25) is 0 Å². The van der Waals surface area contributed by atoms with Crippen molar-refractivity contribution in [3.8, 4) is 0 Å². The molecule has 0 amide bonds. The van der Waals surface area contributed by atoms with E-state index in [-0.39, 0.29) is 0 Å². The topological polar surface area (TPSA) is 25.8 Å². The highest BCUT2D eigenvalue weighted by Crippen LogP contribution is 1.98. The molecule has 2 nitrogen and oxygen atoms in total. The predicted octanol–water partition coefficient (Wildman–Crippen LogP) is 1.09. The highest BCUT2D eigenvalue weighted by Gasteiger charge is 1.86. The molecule has 42 valence electrons. The van der Waals surface area contributed by atoms with Crippen molar-refractivity contribution in [2.45, 2.75) is 13.8 Å². The summed E-state index contributed by atoms with van der Waals surface area (Å²) in [6.07, 6.45) is 3.52. The Hall–Kier alpha value is -0.920. The Kier molecular flexibility index (Phi) is 1.24. The summed E-state index contributed by atoms with van der Waals surface area (Å²) in [5.74, 6) is 0. The zero-order valence-corrected chi connectivity index (χ0v) is 5.05. The molecule has 0 bridgehead atoms. The molecule has 0 N–H and O–H groups in total. The first-order chi connectivity index (χ1) is 3.80. The SMILES string of the molecule is Cc1cnncc1C. The third kappa shape index (κ3) is 0.832. The van der Waals surface area contributed by atoms with Gasteiger partial charge in [0.15, 0.2) is 0 Å². The maximum absolute atomic E-state index is 3.70. The van der Waals surface area contributed by atoms with Gasteiger partial charge in [0, 0.05) is 0 Å². The number of hydrogen-bond acceptors (Lipinski definition) is 2. The zero-order chi connectivity index (χ0) is 5.98. The minimum atomic E-state index is 1.19. The van der Waals surface area contributed by atoms with Crippen LogP contribution in [-0.4, -0.2) is 10.2 Å². The van der Waals surface area contributed by atoms with Crippen molar-refractivity contribution >= 4 is 0 Å². The summed E-state index contributed by atoms with van der Waals surface area (Å²) in [6.45, 7) is 4.04. The second-order valence-electron chi connectivity index (χ2n) is 1.86. The third-order valence-electron chi connectivity index (χ3n) is 1.19. The van der Waals surface area contributed by atoms with E-state index in [9.17, 15) is 0 Å². The van der Waals surface area contributed by atoms with E-state index in [1.807, 2.05) is 13.8 Å². The van der Waals surface area contributed by atoms with Gasteiger partial charge in [0.2, 0.25) is 0 Å². The van der Waals surface area contributed by atoms with E-state index in [0.29, 0.717) is 0 Å². The smallest absolute Gasteiger partial charge is 0.0528 e. The van der Waals surface area contributed by atoms with Crippen molar-refractivity contribution in [1.82, 2.24) is 10.2 Å². The Morgan fingerprint density at radius 1 is 1.00 bits per heavy atom. The number of rotatable bonds is 0. The summed E-state index contributed by atoms with van der Waals surface area (Å²) in [7, 11) is 0. The molecule has 0 saturated carbocycles. The summed E-state index contributed by atoms with van der Waals surface area (Å²) >= 11 is 0. The molecule has 0 atom stereocenters. The molecule has 0 spiro atoms. The predicted molar refractivity (Wildman–Crippen MR) is 31.5 cm³/mol. The fraction of sp³-hybridized carbons (Fsp3) is 0.333. The summed E-state index contributed by atoms with van der Waals surface area (Å²) < 4.78 is 0. The highest BCUT2D eigenvalue weighted by atomic mass is 15.1. The normalized spacial score (nSPS) is 9.25. The first-order valence-corrected chi connectivity index (χ1v) is 2.54. The number of aryl methyl sites for hydroxylation is 2. The van der Waals surface area contributed by atoms with Crippen molar-refractivity contribution in [1.29, 1.82) is 0 Å². The summed E-state index contributed by atoms with van der Waals surface area (Å²) in [4.78, 5) is 0. The molecule has 1 aromatic heterocycles. The van der Waals surface area contributed by atoms with Crippen molar-refractivity contribution in [3.63, 3.8) is 0 Å². The maximum atomic E-state index is 3.70. The lowest BCUT2D eigenvalue weighted by atomic mass is 10.2. The van der Waals surface area contributed by atoms with Crippen molar-refractivity contribution in [3.05, 3.63) is 23.5 Å². The molecule has 0 saturated heterocycles. The molecule has 1 rings (SSSR count). The molecule has 2 heteroatoms. The average molecular weight is 108 g/mol. The Morgan fingerprint density at radius 3 is 1.62 bits per heavy atom. The maximum Gasteiger partial charge on any atom is 0.0528 e. The van der Waals surface area contributed by atoms with Crippen LogP contribution in [0, 0.1) is 13.8 Å². The quantitative estimate of drug-likeness (QED) is 0.497. The van der Waals surface area contributed by atoms with E-state index in [0.717, 1.165) is 0 Å². The molecule has 0 aliphatic carbocycles. The van der Waals surface area contributed by atoms with Crippen LogP contribution in [0.25, 0.3) is 0 Å². The van der Waals surface area contributed by atoms with Crippen LogP contribution in [0.5, 0.6) is 0 Å². The van der Waals surface area contributed by atoms with Crippen molar-refractivity contribution in [2.24, 2.45) is 0 Å². The van der Waals surface area contributed by atoms with Gasteiger partial charge < -0.3 is 0 Å². The summed E-state index contributed by atoms with van der Waals surface area (Å²) in [5, 5.41) is 7.39. The standard InChI is InChI=1S/C6H8N2/c1-5-3-7-8-4-6(5)2/h3-4H,1-2H3. The van der Waals surface area contributed by atoms with Gasteiger partial charge >= 0.3 is 0 Å². The molecule has 1 heterocycles. The fourth-order valence-corrected chi connectivity index (χ4v) is 0.444. The van der Waals surface area contributed by atoms with Gasteiger partial charge in [-0.2, -0.15) is 10.2 Å². The Labute approximate surface area is 48.6 Å². The zero-order valence-electron chi connectivity index (χ0n) is 5.05. The van der Waals surface area contributed by atoms with Gasteiger partial charge in [0.05, 0.1) is 12.4 Å². The molecule has 0 aliphatic rings. The van der Waals surface area contributed by atoms with E-state index >= 15 is 0 Å². The summed E-state index contributed by atoms with van der Waals surface area (Å²) in [5.41, 5.74) is 2.39. The molecular weight excluding hydrogens is 100 g/mol. The van der Waals surface area contributed by atoms with Crippen LogP contribution in [-0.2, 0) is 0 Å². The van der Waals surface area contributed by atoms with Gasteiger partial charge in [-0.1, -0.05) is 0 Å². The molecular formula is C6H8N2. The van der Waals surface area contributed by atoms with Crippen LogP contribution >= 0.6 is 0 Å². The van der Waals surface area contributed by atoms with E-state index < -0.39 is 0 Å². The first kappa shape index (κ1) is 5.22. The van der Waals surface area contributed by atoms with Crippen molar-refractivity contribution < 1.29 is 0 Å². The Morgan fingerprint density at radius 2 is 1.38 bits per heavy atom. The number of aromatic nitrogens is 2. The second kappa shape index (κ2) is 1.90. The Bertz CT molecular complexity index is 163. The van der Waals surface area contributed by atoms with Crippen LogP contribution in [0.3, 0.4) is 0 Å². The average Bonchev–Trinajstić information content (AvgIpc) is 1.77. The largest absolute Gasteiger partial charge is 0.159 e. The molecule has 1 aromatic rings. The van der Waals surface area contributed by atoms with Gasteiger partial charge in [0.25, 0.3) is 0 Å². The molecule has 0 unspecified atom stereocenters. The van der Waals surface area contributed by atoms with Gasteiger partial charge in [-0.25, -0.2) is 0 Å². The fourth-order valence-electron chi connectivity index (χ4n) is 0.444. The lowest BCUT2D eigenvalue weighted by Gasteiger charge is -1.91. The number of nitrogens with zero attached hydrogens (tertiary/aromatic N) is 2. The van der Waals surface area contributed by atoms with Crippen LogP contribution in [0.4, 0.5) is 0 Å². The minimum absolute atomic E-state index is 1.19. The van der Waals surface area contributed by atoms with E-state index in [4.69, 9.17) is 0 Å². The van der Waals surface area contributed by atoms with Crippen molar-refractivity contribution in [2.75, 3.05) is 0 Å². The lowest BCUT2D eigenvalue weighted by molar-refractivity contribution is 0.995.